The van der Waals surface area contributed by atoms with Crippen LogP contribution in [-0.4, -0.2) is 37.1 Å². The van der Waals surface area contributed by atoms with Crippen molar-refractivity contribution in [3.8, 4) is 0 Å². The Morgan fingerprint density at radius 1 is 1.15 bits per heavy atom. The van der Waals surface area contributed by atoms with Gasteiger partial charge in [-0.2, -0.15) is 0 Å². The zero-order valence-electron chi connectivity index (χ0n) is 13.9. The second-order valence-electron chi connectivity index (χ2n) is 7.32. The number of carbonyl (C=O) groups excluding carboxylic acids is 1. The highest BCUT2D eigenvalue weighted by atomic mass is 16.5. The maximum atomic E-state index is 9.18. The van der Waals surface area contributed by atoms with Crippen LogP contribution in [-0.2, 0) is 9.53 Å². The average Bonchev–Trinajstić information content (AvgIpc) is 2.37. The van der Waals surface area contributed by atoms with Gasteiger partial charge in [0.2, 0.25) is 0 Å². The van der Waals surface area contributed by atoms with Gasteiger partial charge in [-0.25, -0.2) is 0 Å². The molecule has 1 heterocycles. The van der Waals surface area contributed by atoms with E-state index in [2.05, 4.69) is 30.4 Å². The molecule has 20 heavy (non-hydrogen) atoms. The summed E-state index contributed by atoms with van der Waals surface area (Å²) in [6.45, 7) is 12.6. The van der Waals surface area contributed by atoms with Crippen molar-refractivity contribution in [3.63, 3.8) is 0 Å². The molecule has 0 amide bonds. The lowest BCUT2D eigenvalue weighted by atomic mass is 9.70. The van der Waals surface area contributed by atoms with Crippen molar-refractivity contribution in [2.75, 3.05) is 19.7 Å². The molecular weight excluding hydrogens is 250 g/mol. The van der Waals surface area contributed by atoms with E-state index in [1.807, 2.05) is 0 Å². The van der Waals surface area contributed by atoms with Gasteiger partial charge < -0.3 is 9.64 Å². The van der Waals surface area contributed by atoms with Gasteiger partial charge in [-0.15, -0.1) is 0 Å². The molecule has 1 aliphatic heterocycles. The standard InChI is InChI=1S/C14H27N.C3H6O2/c1-14(2,3)11-12-7-8-13(12)15-9-5-4-6-10-15;1-2-5-3-4/h12-13H,4-11H2,1-3H3;3H,2H2,1H3. The van der Waals surface area contributed by atoms with Crippen LogP contribution in [0.5, 0.6) is 0 Å². The minimum atomic E-state index is 0.431. The number of carbonyl (C=O) groups is 1. The summed E-state index contributed by atoms with van der Waals surface area (Å²) in [7, 11) is 0. The molecule has 0 N–H and O–H groups in total. The van der Waals surface area contributed by atoms with Gasteiger partial charge in [0, 0.05) is 6.04 Å². The second-order valence-corrected chi connectivity index (χ2v) is 7.32. The molecule has 2 fully saturated rings. The van der Waals surface area contributed by atoms with E-state index in [0.717, 1.165) is 12.0 Å². The minimum absolute atomic E-state index is 0.431. The summed E-state index contributed by atoms with van der Waals surface area (Å²) in [4.78, 5) is 12.0. The molecule has 3 heteroatoms. The minimum Gasteiger partial charge on any atom is -0.468 e. The summed E-state index contributed by atoms with van der Waals surface area (Å²) in [5.74, 6) is 1.00. The van der Waals surface area contributed by atoms with E-state index in [9.17, 15) is 4.79 Å². The van der Waals surface area contributed by atoms with Crippen LogP contribution in [0.3, 0.4) is 0 Å². The lowest BCUT2D eigenvalue weighted by molar-refractivity contribution is -0.128. The summed E-state index contributed by atoms with van der Waals surface area (Å²) >= 11 is 0. The molecule has 0 aromatic heterocycles. The van der Waals surface area contributed by atoms with E-state index < -0.39 is 0 Å². The Morgan fingerprint density at radius 3 is 2.15 bits per heavy atom. The van der Waals surface area contributed by atoms with Crippen molar-refractivity contribution in [1.29, 1.82) is 0 Å². The molecule has 118 valence electrons. The highest BCUT2D eigenvalue weighted by Crippen LogP contribution is 2.40. The summed E-state index contributed by atoms with van der Waals surface area (Å²) in [6, 6.07) is 0.949. The predicted molar refractivity (Wildman–Crippen MR) is 83.7 cm³/mol. The van der Waals surface area contributed by atoms with Crippen molar-refractivity contribution >= 4 is 6.47 Å². The predicted octanol–water partition coefficient (Wildman–Crippen LogP) is 3.87. The number of rotatable bonds is 4. The highest BCUT2D eigenvalue weighted by Gasteiger charge is 2.37. The molecule has 2 atom stereocenters. The third-order valence-corrected chi connectivity index (χ3v) is 4.35. The normalized spacial score (nSPS) is 27.0. The average molecular weight is 283 g/mol. The lowest BCUT2D eigenvalue weighted by Gasteiger charge is -2.48. The van der Waals surface area contributed by atoms with E-state index in [4.69, 9.17) is 0 Å². The Bertz CT molecular complexity index is 267. The Kier molecular flexibility index (Phi) is 7.57. The van der Waals surface area contributed by atoms with Gasteiger partial charge in [0.15, 0.2) is 0 Å². The molecule has 1 saturated carbocycles. The molecule has 0 aromatic carbocycles. The fourth-order valence-corrected chi connectivity index (χ4v) is 3.37. The molecular formula is C17H33NO2. The quantitative estimate of drug-likeness (QED) is 0.734. The number of ether oxygens (including phenoxy) is 1. The van der Waals surface area contributed by atoms with Crippen molar-refractivity contribution in [2.24, 2.45) is 11.3 Å². The number of hydrogen-bond acceptors (Lipinski definition) is 3. The van der Waals surface area contributed by atoms with Crippen molar-refractivity contribution in [3.05, 3.63) is 0 Å². The number of likely N-dealkylation sites (tertiary alicyclic amines) is 1. The summed E-state index contributed by atoms with van der Waals surface area (Å²) < 4.78 is 4.15. The van der Waals surface area contributed by atoms with Crippen LogP contribution in [0.4, 0.5) is 0 Å². The molecule has 0 radical (unpaired) electrons. The van der Waals surface area contributed by atoms with E-state index in [0.29, 0.717) is 18.5 Å². The lowest BCUT2D eigenvalue weighted by Crippen LogP contribution is -2.50. The molecule has 0 spiro atoms. The van der Waals surface area contributed by atoms with Gasteiger partial charge >= 0.3 is 0 Å². The zero-order chi connectivity index (χ0) is 15.0. The first-order valence-electron chi connectivity index (χ1n) is 8.27. The first kappa shape index (κ1) is 17.5. The van der Waals surface area contributed by atoms with E-state index >= 15 is 0 Å². The Hall–Kier alpha value is -0.570. The fourth-order valence-electron chi connectivity index (χ4n) is 3.37. The van der Waals surface area contributed by atoms with Crippen LogP contribution in [0.2, 0.25) is 0 Å². The van der Waals surface area contributed by atoms with Crippen LogP contribution < -0.4 is 0 Å². The first-order valence-corrected chi connectivity index (χ1v) is 8.27. The first-order chi connectivity index (χ1) is 9.48. The molecule has 2 unspecified atom stereocenters. The molecule has 2 aliphatic rings. The second kappa shape index (κ2) is 8.66. The largest absolute Gasteiger partial charge is 0.468 e. The van der Waals surface area contributed by atoms with E-state index in [-0.39, 0.29) is 0 Å². The number of nitrogens with zero attached hydrogens (tertiary/aromatic N) is 1. The summed E-state index contributed by atoms with van der Waals surface area (Å²) in [6.07, 6.45) is 8.73. The van der Waals surface area contributed by atoms with Gasteiger partial charge in [0.1, 0.15) is 0 Å². The van der Waals surface area contributed by atoms with Crippen LogP contribution >= 0.6 is 0 Å². The maximum absolute atomic E-state index is 9.18. The third-order valence-electron chi connectivity index (χ3n) is 4.35. The third kappa shape index (κ3) is 6.25. The van der Waals surface area contributed by atoms with Crippen LogP contribution in [0.1, 0.15) is 66.2 Å². The van der Waals surface area contributed by atoms with Crippen LogP contribution in [0, 0.1) is 11.3 Å². The van der Waals surface area contributed by atoms with E-state index in [1.165, 1.54) is 51.6 Å². The maximum Gasteiger partial charge on any atom is 0.293 e. The smallest absolute Gasteiger partial charge is 0.293 e. The van der Waals surface area contributed by atoms with Gasteiger partial charge in [-0.05, 0) is 63.5 Å². The highest BCUT2D eigenvalue weighted by molar-refractivity contribution is 5.36. The Labute approximate surface area is 125 Å². The molecule has 1 aliphatic carbocycles. The van der Waals surface area contributed by atoms with Gasteiger partial charge in [0.25, 0.3) is 6.47 Å². The molecule has 3 nitrogen and oxygen atoms in total. The van der Waals surface area contributed by atoms with Gasteiger partial charge in [-0.3, -0.25) is 4.79 Å². The Morgan fingerprint density at radius 2 is 1.80 bits per heavy atom. The molecule has 2 rings (SSSR count). The fraction of sp³-hybridized carbons (Fsp3) is 0.941. The molecule has 0 bridgehead atoms. The zero-order valence-corrected chi connectivity index (χ0v) is 13.9. The van der Waals surface area contributed by atoms with Gasteiger partial charge in [0.05, 0.1) is 6.61 Å². The number of piperidine rings is 1. The van der Waals surface area contributed by atoms with Crippen LogP contribution in [0.25, 0.3) is 0 Å². The SMILES string of the molecule is CC(C)(C)CC1CCC1N1CCCCC1.CCOC=O. The Balaban J connectivity index is 0.000000347. The van der Waals surface area contributed by atoms with Crippen molar-refractivity contribution in [2.45, 2.75) is 72.3 Å². The van der Waals surface area contributed by atoms with Crippen molar-refractivity contribution in [1.82, 2.24) is 4.90 Å². The number of hydrogen-bond donors (Lipinski definition) is 0. The topological polar surface area (TPSA) is 29.5 Å². The van der Waals surface area contributed by atoms with E-state index in [1.54, 1.807) is 6.92 Å². The monoisotopic (exact) mass is 283 g/mol. The summed E-state index contributed by atoms with van der Waals surface area (Å²) in [5.41, 5.74) is 0.527. The molecule has 0 aromatic rings. The van der Waals surface area contributed by atoms with Crippen molar-refractivity contribution < 1.29 is 9.53 Å². The summed E-state index contributed by atoms with van der Waals surface area (Å²) in [5, 5.41) is 0. The van der Waals surface area contributed by atoms with Gasteiger partial charge in [-0.1, -0.05) is 27.2 Å². The van der Waals surface area contributed by atoms with Crippen LogP contribution in [0.15, 0.2) is 0 Å². The molecule has 1 saturated heterocycles.